The molecule has 0 aliphatic carbocycles. The third-order valence-corrected chi connectivity index (χ3v) is 6.97. The molecule has 3 aliphatic rings. The molecule has 0 saturated carbocycles. The minimum Gasteiger partial charge on any atom is -0.448 e. The van der Waals surface area contributed by atoms with Gasteiger partial charge in [-0.05, 0) is 31.0 Å². The van der Waals surface area contributed by atoms with Crippen LogP contribution in [0.25, 0.3) is 11.1 Å². The fourth-order valence-electron chi connectivity index (χ4n) is 4.59. The first-order valence-electron chi connectivity index (χ1n) is 11.5. The van der Waals surface area contributed by atoms with Crippen molar-refractivity contribution in [2.75, 3.05) is 49.4 Å². The molecule has 2 fully saturated rings. The third kappa shape index (κ3) is 3.89. The molecule has 3 aliphatic heterocycles. The molecule has 0 spiro atoms. The van der Waals surface area contributed by atoms with Crippen molar-refractivity contribution in [1.29, 1.82) is 0 Å². The first-order chi connectivity index (χ1) is 15.9. The van der Waals surface area contributed by atoms with Gasteiger partial charge in [-0.15, -0.1) is 0 Å². The zero-order chi connectivity index (χ0) is 23.2. The highest BCUT2D eigenvalue weighted by Crippen LogP contribution is 2.40. The molecular formula is C24H30N4O5. The molecule has 0 N–H and O–H groups in total. The number of anilines is 2. The van der Waals surface area contributed by atoms with Gasteiger partial charge in [0.1, 0.15) is 6.61 Å². The quantitative estimate of drug-likeness (QED) is 0.690. The van der Waals surface area contributed by atoms with Crippen LogP contribution in [-0.2, 0) is 19.0 Å². The molecular weight excluding hydrogens is 424 g/mol. The summed E-state index contributed by atoms with van der Waals surface area (Å²) in [5.41, 5.74) is 3.16. The molecule has 5 rings (SSSR count). The van der Waals surface area contributed by atoms with Crippen LogP contribution in [0, 0.1) is 5.41 Å². The summed E-state index contributed by atoms with van der Waals surface area (Å²) in [4.78, 5) is 29.0. The van der Waals surface area contributed by atoms with Gasteiger partial charge >= 0.3 is 6.09 Å². The van der Waals surface area contributed by atoms with Gasteiger partial charge in [-0.3, -0.25) is 14.4 Å². The Morgan fingerprint density at radius 2 is 1.97 bits per heavy atom. The SMILES string of the molecule is CCC1(COC(=O)N2C[C@H](C)N(C(C)=O)c3ccc(-c4cnn(C5COC5)c4)cc32)COC1. The number of fused-ring (bicyclic) bond motifs is 1. The molecule has 1 aromatic carbocycles. The van der Waals surface area contributed by atoms with Crippen molar-refractivity contribution in [3.8, 4) is 11.1 Å². The number of amides is 2. The predicted octanol–water partition coefficient (Wildman–Crippen LogP) is 3.25. The van der Waals surface area contributed by atoms with Gasteiger partial charge in [-0.1, -0.05) is 13.0 Å². The molecule has 2 amide bonds. The first-order valence-corrected chi connectivity index (χ1v) is 11.5. The Hall–Kier alpha value is -2.91. The molecule has 1 atom stereocenters. The molecule has 1 aromatic heterocycles. The number of hydrogen-bond donors (Lipinski definition) is 0. The Bertz CT molecular complexity index is 1050. The van der Waals surface area contributed by atoms with E-state index in [1.807, 2.05) is 42.2 Å². The smallest absolute Gasteiger partial charge is 0.414 e. The summed E-state index contributed by atoms with van der Waals surface area (Å²) < 4.78 is 18.3. The fraction of sp³-hybridized carbons (Fsp3) is 0.542. The number of ether oxygens (including phenoxy) is 3. The van der Waals surface area contributed by atoms with Gasteiger partial charge in [-0.25, -0.2) is 4.79 Å². The van der Waals surface area contributed by atoms with Gasteiger partial charge in [0.2, 0.25) is 5.91 Å². The Balaban J connectivity index is 1.45. The second-order valence-corrected chi connectivity index (χ2v) is 9.35. The maximum Gasteiger partial charge on any atom is 0.414 e. The molecule has 2 saturated heterocycles. The van der Waals surface area contributed by atoms with Crippen LogP contribution >= 0.6 is 0 Å². The summed E-state index contributed by atoms with van der Waals surface area (Å²) in [7, 11) is 0. The first kappa shape index (κ1) is 21.9. The minimum absolute atomic E-state index is 0.0566. The van der Waals surface area contributed by atoms with E-state index in [2.05, 4.69) is 12.0 Å². The van der Waals surface area contributed by atoms with Gasteiger partial charge in [-0.2, -0.15) is 5.10 Å². The van der Waals surface area contributed by atoms with Crippen LogP contribution in [0.5, 0.6) is 0 Å². The van der Waals surface area contributed by atoms with Crippen LogP contribution in [0.4, 0.5) is 16.2 Å². The van der Waals surface area contributed by atoms with Crippen molar-refractivity contribution < 1.29 is 23.8 Å². The number of rotatable bonds is 5. The van der Waals surface area contributed by atoms with Crippen molar-refractivity contribution in [3.63, 3.8) is 0 Å². The Labute approximate surface area is 193 Å². The summed E-state index contributed by atoms with van der Waals surface area (Å²) in [6.07, 6.45) is 4.31. The lowest BCUT2D eigenvalue weighted by atomic mass is 9.84. The number of hydrogen-bond acceptors (Lipinski definition) is 6. The molecule has 0 radical (unpaired) electrons. The van der Waals surface area contributed by atoms with E-state index < -0.39 is 6.09 Å². The largest absolute Gasteiger partial charge is 0.448 e. The summed E-state index contributed by atoms with van der Waals surface area (Å²) in [5, 5.41) is 4.47. The average Bonchev–Trinajstić information content (AvgIpc) is 3.20. The van der Waals surface area contributed by atoms with E-state index in [4.69, 9.17) is 14.2 Å². The topological polar surface area (TPSA) is 86.1 Å². The van der Waals surface area contributed by atoms with Gasteiger partial charge in [0.05, 0.1) is 61.5 Å². The Morgan fingerprint density at radius 3 is 2.58 bits per heavy atom. The second kappa shape index (κ2) is 8.46. The molecule has 2 aromatic rings. The van der Waals surface area contributed by atoms with Crippen LogP contribution in [0.15, 0.2) is 30.6 Å². The van der Waals surface area contributed by atoms with Gasteiger partial charge in [0.25, 0.3) is 0 Å². The lowest BCUT2D eigenvalue weighted by Crippen LogP contribution is -2.52. The average molecular weight is 455 g/mol. The predicted molar refractivity (Wildman–Crippen MR) is 122 cm³/mol. The highest BCUT2D eigenvalue weighted by molar-refractivity contribution is 6.03. The van der Waals surface area contributed by atoms with Crippen molar-refractivity contribution in [3.05, 3.63) is 30.6 Å². The van der Waals surface area contributed by atoms with E-state index in [1.165, 1.54) is 0 Å². The van der Waals surface area contributed by atoms with Crippen molar-refractivity contribution >= 4 is 23.4 Å². The highest BCUT2D eigenvalue weighted by atomic mass is 16.6. The van der Waals surface area contributed by atoms with Crippen LogP contribution in [0.2, 0.25) is 0 Å². The zero-order valence-electron chi connectivity index (χ0n) is 19.3. The van der Waals surface area contributed by atoms with Crippen LogP contribution in [0.1, 0.15) is 33.2 Å². The Kier molecular flexibility index (Phi) is 5.62. The lowest BCUT2D eigenvalue weighted by molar-refractivity contribution is -0.138. The normalized spacial score (nSPS) is 21.7. The van der Waals surface area contributed by atoms with Crippen molar-refractivity contribution in [2.24, 2.45) is 5.41 Å². The maximum absolute atomic E-state index is 13.2. The molecule has 4 heterocycles. The van der Waals surface area contributed by atoms with E-state index in [0.717, 1.165) is 17.5 Å². The molecule has 9 heteroatoms. The van der Waals surface area contributed by atoms with Crippen molar-refractivity contribution in [2.45, 2.75) is 39.3 Å². The van der Waals surface area contributed by atoms with E-state index in [1.54, 1.807) is 16.7 Å². The minimum atomic E-state index is -0.398. The summed E-state index contributed by atoms with van der Waals surface area (Å²) in [5.74, 6) is -0.0566. The van der Waals surface area contributed by atoms with E-state index in [-0.39, 0.29) is 23.4 Å². The summed E-state index contributed by atoms with van der Waals surface area (Å²) in [6.45, 7) is 8.83. The molecule has 0 bridgehead atoms. The van der Waals surface area contributed by atoms with Crippen molar-refractivity contribution in [1.82, 2.24) is 9.78 Å². The standard InChI is InChI=1S/C24H30N4O5/c1-4-24(13-32-14-24)15-33-23(30)26-9-16(2)28(17(3)29)21-6-5-18(7-22(21)26)19-8-25-27(10-19)20-11-31-12-20/h5-8,10,16,20H,4,9,11-15H2,1-3H3/t16-/m0/s1. The lowest BCUT2D eigenvalue weighted by Gasteiger charge is -2.42. The van der Waals surface area contributed by atoms with Gasteiger partial charge in [0.15, 0.2) is 0 Å². The number of carbonyl (C=O) groups excluding carboxylic acids is 2. The van der Waals surface area contributed by atoms with E-state index in [9.17, 15) is 9.59 Å². The molecule has 0 unspecified atom stereocenters. The van der Waals surface area contributed by atoms with Crippen LogP contribution < -0.4 is 9.80 Å². The van der Waals surface area contributed by atoms with Crippen LogP contribution in [0.3, 0.4) is 0 Å². The number of aromatic nitrogens is 2. The van der Waals surface area contributed by atoms with Crippen LogP contribution in [-0.4, -0.2) is 67.4 Å². The third-order valence-electron chi connectivity index (χ3n) is 6.97. The summed E-state index contributed by atoms with van der Waals surface area (Å²) >= 11 is 0. The number of carbonyl (C=O) groups is 2. The Morgan fingerprint density at radius 1 is 1.18 bits per heavy atom. The summed E-state index contributed by atoms with van der Waals surface area (Å²) in [6, 6.07) is 5.91. The van der Waals surface area contributed by atoms with E-state index >= 15 is 0 Å². The number of benzene rings is 1. The molecule has 176 valence electrons. The second-order valence-electron chi connectivity index (χ2n) is 9.35. The fourth-order valence-corrected chi connectivity index (χ4v) is 4.59. The molecule has 33 heavy (non-hydrogen) atoms. The van der Waals surface area contributed by atoms with Gasteiger partial charge in [0, 0.05) is 25.2 Å². The van der Waals surface area contributed by atoms with E-state index in [0.29, 0.717) is 51.0 Å². The molecule has 9 nitrogen and oxygen atoms in total. The van der Waals surface area contributed by atoms with Gasteiger partial charge < -0.3 is 19.1 Å². The number of nitrogens with zero attached hydrogens (tertiary/aromatic N) is 4. The maximum atomic E-state index is 13.2. The highest BCUT2D eigenvalue weighted by Gasteiger charge is 2.40. The zero-order valence-corrected chi connectivity index (χ0v) is 19.3. The monoisotopic (exact) mass is 454 g/mol.